The Hall–Kier alpha value is -2.23. The summed E-state index contributed by atoms with van der Waals surface area (Å²) in [4.78, 5) is 20.0. The second-order valence-corrected chi connectivity index (χ2v) is 3.84. The number of pyridine rings is 2. The van der Waals surface area contributed by atoms with Crippen LogP contribution in [0.1, 0.15) is 12.5 Å². The minimum absolute atomic E-state index is 0.354. The lowest BCUT2D eigenvalue weighted by Gasteiger charge is -2.07. The van der Waals surface area contributed by atoms with Crippen LogP contribution in [0.15, 0.2) is 42.7 Å². The molecule has 0 N–H and O–H groups in total. The lowest BCUT2D eigenvalue weighted by molar-refractivity contribution is -0.138. The molecule has 92 valence electrons. The van der Waals surface area contributed by atoms with E-state index in [4.69, 9.17) is 4.74 Å². The highest BCUT2D eigenvalue weighted by atomic mass is 16.5. The summed E-state index contributed by atoms with van der Waals surface area (Å²) in [7, 11) is 0. The van der Waals surface area contributed by atoms with E-state index in [1.807, 2.05) is 18.2 Å². The Morgan fingerprint density at radius 3 is 2.94 bits per heavy atom. The van der Waals surface area contributed by atoms with Crippen molar-refractivity contribution >= 4 is 17.0 Å². The highest BCUT2D eigenvalue weighted by Crippen LogP contribution is 2.16. The molecule has 4 nitrogen and oxygen atoms in total. The average molecular weight is 242 g/mol. The number of ether oxygens (including phenoxy) is 1. The molecule has 2 aromatic rings. The third kappa shape index (κ3) is 2.53. The first-order chi connectivity index (χ1) is 8.72. The Balaban J connectivity index is 2.27. The van der Waals surface area contributed by atoms with Crippen molar-refractivity contribution in [2.24, 2.45) is 0 Å². The van der Waals surface area contributed by atoms with Crippen LogP contribution in [0.5, 0.6) is 0 Å². The Morgan fingerprint density at radius 2 is 2.17 bits per heavy atom. The summed E-state index contributed by atoms with van der Waals surface area (Å²) in [6.45, 7) is 5.88. The van der Waals surface area contributed by atoms with Gasteiger partial charge in [0, 0.05) is 24.4 Å². The zero-order valence-electron chi connectivity index (χ0n) is 10.2. The van der Waals surface area contributed by atoms with Crippen LogP contribution in [0, 0.1) is 0 Å². The second kappa shape index (κ2) is 5.40. The zero-order valence-corrected chi connectivity index (χ0v) is 10.2. The Kier molecular flexibility index (Phi) is 3.67. The molecule has 0 aromatic carbocycles. The molecule has 18 heavy (non-hydrogen) atoms. The van der Waals surface area contributed by atoms with Crippen molar-refractivity contribution in [2.75, 3.05) is 6.61 Å². The van der Waals surface area contributed by atoms with E-state index in [2.05, 4.69) is 16.5 Å². The fourth-order valence-corrected chi connectivity index (χ4v) is 1.71. The monoisotopic (exact) mass is 242 g/mol. The van der Waals surface area contributed by atoms with Crippen molar-refractivity contribution in [1.29, 1.82) is 0 Å². The maximum Gasteiger partial charge on any atom is 0.333 e. The van der Waals surface area contributed by atoms with Crippen LogP contribution >= 0.6 is 0 Å². The van der Waals surface area contributed by atoms with Crippen molar-refractivity contribution < 1.29 is 9.53 Å². The maximum absolute atomic E-state index is 11.5. The van der Waals surface area contributed by atoms with E-state index in [1.165, 1.54) is 0 Å². The van der Waals surface area contributed by atoms with Gasteiger partial charge in [-0.05, 0) is 30.7 Å². The van der Waals surface area contributed by atoms with Gasteiger partial charge in [-0.15, -0.1) is 0 Å². The van der Waals surface area contributed by atoms with E-state index < -0.39 is 0 Å². The molecule has 0 atom stereocenters. The number of hydrogen-bond acceptors (Lipinski definition) is 4. The molecule has 0 aliphatic heterocycles. The molecule has 0 saturated heterocycles. The molecule has 0 spiro atoms. The molecule has 0 saturated carbocycles. The Labute approximate surface area is 105 Å². The first-order valence-electron chi connectivity index (χ1n) is 5.76. The Morgan fingerprint density at radius 1 is 1.33 bits per heavy atom. The molecule has 0 unspecified atom stereocenters. The van der Waals surface area contributed by atoms with E-state index in [9.17, 15) is 4.79 Å². The number of rotatable bonds is 4. The van der Waals surface area contributed by atoms with Gasteiger partial charge in [0.2, 0.25) is 0 Å². The number of carbonyl (C=O) groups excluding carboxylic acids is 1. The molecule has 0 radical (unpaired) electrons. The lowest BCUT2D eigenvalue weighted by Crippen LogP contribution is -2.09. The topological polar surface area (TPSA) is 52.1 Å². The van der Waals surface area contributed by atoms with E-state index >= 15 is 0 Å². The molecule has 0 fully saturated rings. The summed E-state index contributed by atoms with van der Waals surface area (Å²) < 4.78 is 4.91. The molecule has 2 heterocycles. The predicted octanol–water partition coefficient (Wildman–Crippen LogP) is 2.29. The highest BCUT2D eigenvalue weighted by Gasteiger charge is 2.11. The van der Waals surface area contributed by atoms with Gasteiger partial charge in [0.05, 0.1) is 17.6 Å². The molecular weight excluding hydrogens is 228 g/mol. The minimum atomic E-state index is -0.363. The van der Waals surface area contributed by atoms with Gasteiger partial charge in [0.1, 0.15) is 0 Å². The van der Waals surface area contributed by atoms with E-state index in [-0.39, 0.29) is 5.97 Å². The number of hydrogen-bond donors (Lipinski definition) is 0. The molecule has 0 aliphatic rings. The summed E-state index contributed by atoms with van der Waals surface area (Å²) in [5, 5.41) is 0. The van der Waals surface area contributed by atoms with Gasteiger partial charge >= 0.3 is 5.97 Å². The van der Waals surface area contributed by atoms with Gasteiger partial charge in [0.25, 0.3) is 0 Å². The Bertz CT molecular complexity index is 588. The molecule has 2 aromatic heterocycles. The largest absolute Gasteiger partial charge is 0.463 e. The van der Waals surface area contributed by atoms with Crippen LogP contribution in [0.25, 0.3) is 11.0 Å². The van der Waals surface area contributed by atoms with Crippen molar-refractivity contribution in [2.45, 2.75) is 13.3 Å². The number of fused-ring (bicyclic) bond motifs is 1. The van der Waals surface area contributed by atoms with E-state index in [0.717, 1.165) is 16.6 Å². The number of esters is 1. The van der Waals surface area contributed by atoms with E-state index in [1.54, 1.807) is 19.3 Å². The molecule has 4 heteroatoms. The average Bonchev–Trinajstić information content (AvgIpc) is 2.39. The quantitative estimate of drug-likeness (QED) is 0.609. The summed E-state index contributed by atoms with van der Waals surface area (Å²) in [6.07, 6.45) is 3.84. The molecule has 2 rings (SSSR count). The first-order valence-corrected chi connectivity index (χ1v) is 5.76. The van der Waals surface area contributed by atoms with Gasteiger partial charge in [-0.3, -0.25) is 9.97 Å². The number of nitrogens with zero attached hydrogens (tertiary/aromatic N) is 2. The van der Waals surface area contributed by atoms with Crippen molar-refractivity contribution in [3.63, 3.8) is 0 Å². The van der Waals surface area contributed by atoms with Gasteiger partial charge in [-0.2, -0.15) is 0 Å². The summed E-state index contributed by atoms with van der Waals surface area (Å²) in [6, 6.07) is 5.57. The van der Waals surface area contributed by atoms with Crippen molar-refractivity contribution in [1.82, 2.24) is 9.97 Å². The fourth-order valence-electron chi connectivity index (χ4n) is 1.71. The summed E-state index contributed by atoms with van der Waals surface area (Å²) >= 11 is 0. The van der Waals surface area contributed by atoms with Crippen LogP contribution in [-0.2, 0) is 16.0 Å². The molecule has 0 amide bonds. The molecular formula is C14H14N2O2. The highest BCUT2D eigenvalue weighted by molar-refractivity contribution is 5.89. The third-order valence-corrected chi connectivity index (χ3v) is 2.55. The number of aromatic nitrogens is 2. The van der Waals surface area contributed by atoms with Gasteiger partial charge in [0.15, 0.2) is 0 Å². The van der Waals surface area contributed by atoms with E-state index in [0.29, 0.717) is 18.6 Å². The van der Waals surface area contributed by atoms with Crippen molar-refractivity contribution in [3.8, 4) is 0 Å². The first kappa shape index (κ1) is 12.2. The molecule has 0 bridgehead atoms. The fraction of sp³-hybridized carbons (Fsp3) is 0.214. The SMILES string of the molecule is C=C(Cc1ccnc2cccnc12)C(=O)OCC. The predicted molar refractivity (Wildman–Crippen MR) is 69.0 cm³/mol. The minimum Gasteiger partial charge on any atom is -0.463 e. The standard InChI is InChI=1S/C14H14N2O2/c1-3-18-14(17)10(2)9-11-6-8-15-12-5-4-7-16-13(11)12/h4-8H,2-3,9H2,1H3. The number of carbonyl (C=O) groups is 1. The van der Waals surface area contributed by atoms with Gasteiger partial charge in [-0.1, -0.05) is 6.58 Å². The second-order valence-electron chi connectivity index (χ2n) is 3.84. The van der Waals surface area contributed by atoms with Crippen molar-refractivity contribution in [3.05, 3.63) is 48.3 Å². The third-order valence-electron chi connectivity index (χ3n) is 2.55. The van der Waals surface area contributed by atoms with Gasteiger partial charge < -0.3 is 4.74 Å². The van der Waals surface area contributed by atoms with Gasteiger partial charge in [-0.25, -0.2) is 4.79 Å². The summed E-state index contributed by atoms with van der Waals surface area (Å²) in [5.74, 6) is -0.363. The summed E-state index contributed by atoms with van der Waals surface area (Å²) in [5.41, 5.74) is 2.96. The normalized spacial score (nSPS) is 10.3. The lowest BCUT2D eigenvalue weighted by atomic mass is 10.1. The van der Waals surface area contributed by atoms with Crippen LogP contribution in [0.4, 0.5) is 0 Å². The van der Waals surface area contributed by atoms with Crippen LogP contribution < -0.4 is 0 Å². The zero-order chi connectivity index (χ0) is 13.0. The van der Waals surface area contributed by atoms with Crippen LogP contribution in [0.3, 0.4) is 0 Å². The maximum atomic E-state index is 11.5. The van der Waals surface area contributed by atoms with Crippen LogP contribution in [0.2, 0.25) is 0 Å². The smallest absolute Gasteiger partial charge is 0.333 e. The molecule has 0 aliphatic carbocycles. The van der Waals surface area contributed by atoms with Crippen LogP contribution in [-0.4, -0.2) is 22.5 Å².